The van der Waals surface area contributed by atoms with Crippen LogP contribution in [0, 0.1) is 5.92 Å². The van der Waals surface area contributed by atoms with E-state index < -0.39 is 5.54 Å². The minimum Gasteiger partial charge on any atom is -0.496 e. The van der Waals surface area contributed by atoms with Gasteiger partial charge in [0.2, 0.25) is 0 Å². The second-order valence-electron chi connectivity index (χ2n) is 6.72. The summed E-state index contributed by atoms with van der Waals surface area (Å²) in [4.78, 5) is 26.6. The lowest BCUT2D eigenvalue weighted by atomic mass is 9.75. The van der Waals surface area contributed by atoms with Crippen molar-refractivity contribution >= 4 is 27.9 Å². The third-order valence-electron chi connectivity index (χ3n) is 5.34. The highest BCUT2D eigenvalue weighted by atomic mass is 79.9. The Morgan fingerprint density at radius 3 is 2.62 bits per heavy atom. The summed E-state index contributed by atoms with van der Waals surface area (Å²) < 4.78 is 6.03. The number of ether oxygens (including phenoxy) is 1. The number of urea groups is 1. The summed E-state index contributed by atoms with van der Waals surface area (Å²) in [6.45, 7) is 2.47. The number of amides is 3. The van der Waals surface area contributed by atoms with Crippen LogP contribution in [0.3, 0.4) is 0 Å². The lowest BCUT2D eigenvalue weighted by Gasteiger charge is -2.34. The molecule has 5 nitrogen and oxygen atoms in total. The van der Waals surface area contributed by atoms with E-state index in [-0.39, 0.29) is 18.5 Å². The number of imide groups is 1. The van der Waals surface area contributed by atoms with Crippen LogP contribution < -0.4 is 10.1 Å². The van der Waals surface area contributed by atoms with E-state index in [1.54, 1.807) is 7.11 Å². The fraction of sp³-hybridized carbons (Fsp3) is 0.556. The molecule has 0 atom stereocenters. The van der Waals surface area contributed by atoms with Crippen LogP contribution in [0.15, 0.2) is 22.7 Å². The van der Waals surface area contributed by atoms with Crippen LogP contribution in [0.1, 0.15) is 44.6 Å². The van der Waals surface area contributed by atoms with E-state index in [9.17, 15) is 9.59 Å². The molecule has 1 aliphatic heterocycles. The molecule has 0 radical (unpaired) electrons. The Labute approximate surface area is 150 Å². The summed E-state index contributed by atoms with van der Waals surface area (Å²) >= 11 is 3.44. The van der Waals surface area contributed by atoms with Crippen molar-refractivity contribution in [3.63, 3.8) is 0 Å². The highest BCUT2D eigenvalue weighted by molar-refractivity contribution is 9.10. The molecule has 0 bridgehead atoms. The third kappa shape index (κ3) is 3.04. The zero-order chi connectivity index (χ0) is 17.3. The molecule has 1 spiro atoms. The molecule has 1 heterocycles. The molecule has 3 rings (SSSR count). The predicted octanol–water partition coefficient (Wildman–Crippen LogP) is 3.85. The smallest absolute Gasteiger partial charge is 0.325 e. The van der Waals surface area contributed by atoms with E-state index in [2.05, 4.69) is 28.2 Å². The van der Waals surface area contributed by atoms with E-state index in [1.165, 1.54) is 4.90 Å². The molecular weight excluding hydrogens is 372 g/mol. The molecule has 6 heteroatoms. The number of carbonyl (C=O) groups excluding carboxylic acids is 2. The van der Waals surface area contributed by atoms with Gasteiger partial charge < -0.3 is 10.1 Å². The van der Waals surface area contributed by atoms with Crippen LogP contribution in [-0.2, 0) is 11.3 Å². The van der Waals surface area contributed by atoms with Gasteiger partial charge in [-0.3, -0.25) is 9.69 Å². The molecule has 1 saturated heterocycles. The first-order valence-electron chi connectivity index (χ1n) is 8.45. The Bertz CT molecular complexity index is 654. The molecule has 1 aromatic carbocycles. The zero-order valence-corrected chi connectivity index (χ0v) is 15.7. The number of rotatable bonds is 4. The van der Waals surface area contributed by atoms with E-state index in [0.29, 0.717) is 5.92 Å². The van der Waals surface area contributed by atoms with Crippen LogP contribution >= 0.6 is 15.9 Å². The Balaban J connectivity index is 1.74. The van der Waals surface area contributed by atoms with Gasteiger partial charge in [-0.1, -0.05) is 19.4 Å². The fourth-order valence-corrected chi connectivity index (χ4v) is 4.32. The lowest BCUT2D eigenvalue weighted by Crippen LogP contribution is -2.49. The van der Waals surface area contributed by atoms with Gasteiger partial charge in [0.25, 0.3) is 5.91 Å². The first-order chi connectivity index (χ1) is 11.5. The molecule has 3 amide bonds. The monoisotopic (exact) mass is 394 g/mol. The van der Waals surface area contributed by atoms with Crippen molar-refractivity contribution in [1.29, 1.82) is 0 Å². The fourth-order valence-electron chi connectivity index (χ4n) is 3.73. The van der Waals surface area contributed by atoms with E-state index in [4.69, 9.17) is 4.74 Å². The van der Waals surface area contributed by atoms with Gasteiger partial charge in [0.15, 0.2) is 0 Å². The molecule has 2 aliphatic rings. The molecule has 1 aliphatic carbocycles. The minimum atomic E-state index is -0.674. The van der Waals surface area contributed by atoms with Gasteiger partial charge in [0.05, 0.1) is 18.1 Å². The number of hydrogen-bond acceptors (Lipinski definition) is 3. The Kier molecular flexibility index (Phi) is 4.85. The molecule has 0 aromatic heterocycles. The van der Waals surface area contributed by atoms with Gasteiger partial charge >= 0.3 is 6.03 Å². The van der Waals surface area contributed by atoms with Gasteiger partial charge in [0, 0.05) is 0 Å². The number of benzene rings is 1. The number of nitrogens with zero attached hydrogens (tertiary/aromatic N) is 1. The highest BCUT2D eigenvalue weighted by Crippen LogP contribution is 2.38. The normalized spacial score (nSPS) is 26.8. The van der Waals surface area contributed by atoms with Crippen molar-refractivity contribution < 1.29 is 14.3 Å². The number of methoxy groups -OCH3 is 1. The predicted molar refractivity (Wildman–Crippen MR) is 94.8 cm³/mol. The van der Waals surface area contributed by atoms with Crippen molar-refractivity contribution in [1.82, 2.24) is 10.2 Å². The van der Waals surface area contributed by atoms with Crippen LogP contribution in [-0.4, -0.2) is 29.5 Å². The van der Waals surface area contributed by atoms with Crippen molar-refractivity contribution in [2.75, 3.05) is 7.11 Å². The van der Waals surface area contributed by atoms with Gasteiger partial charge in [-0.25, -0.2) is 4.79 Å². The van der Waals surface area contributed by atoms with Crippen molar-refractivity contribution in [3.05, 3.63) is 28.2 Å². The molecule has 2 fully saturated rings. The molecule has 1 N–H and O–H groups in total. The SMILES string of the molecule is CCC1CCC2(CC1)NC(=O)N(Cc1ccc(OC)c(Br)c1)C2=O. The Morgan fingerprint density at radius 2 is 2.04 bits per heavy atom. The maximum atomic E-state index is 12.9. The van der Waals surface area contributed by atoms with Crippen molar-refractivity contribution in [2.45, 2.75) is 51.1 Å². The molecule has 130 valence electrons. The van der Waals surface area contributed by atoms with Gasteiger partial charge in [0.1, 0.15) is 11.3 Å². The third-order valence-corrected chi connectivity index (χ3v) is 5.96. The standard InChI is InChI=1S/C18H23BrN2O3/c1-3-12-6-8-18(9-7-12)16(22)21(17(23)20-18)11-13-4-5-15(24-2)14(19)10-13/h4-5,10,12H,3,6-9,11H2,1-2H3,(H,20,23). The van der Waals surface area contributed by atoms with E-state index in [0.717, 1.165) is 47.9 Å². The zero-order valence-electron chi connectivity index (χ0n) is 14.1. The van der Waals surface area contributed by atoms with Crippen LogP contribution in [0.4, 0.5) is 4.79 Å². The summed E-state index contributed by atoms with van der Waals surface area (Å²) in [5.74, 6) is 1.33. The average Bonchev–Trinajstić information content (AvgIpc) is 2.80. The van der Waals surface area contributed by atoms with Crippen molar-refractivity contribution in [3.8, 4) is 5.75 Å². The minimum absolute atomic E-state index is 0.0750. The van der Waals surface area contributed by atoms with Crippen LogP contribution in [0.25, 0.3) is 0 Å². The summed E-state index contributed by atoms with van der Waals surface area (Å²) in [6.07, 6.45) is 4.65. The van der Waals surface area contributed by atoms with Gasteiger partial charge in [-0.15, -0.1) is 0 Å². The number of carbonyl (C=O) groups is 2. The van der Waals surface area contributed by atoms with Crippen LogP contribution in [0.2, 0.25) is 0 Å². The highest BCUT2D eigenvalue weighted by Gasteiger charge is 2.52. The quantitative estimate of drug-likeness (QED) is 0.788. The van der Waals surface area contributed by atoms with Crippen molar-refractivity contribution in [2.24, 2.45) is 5.92 Å². The van der Waals surface area contributed by atoms with Crippen LogP contribution in [0.5, 0.6) is 5.75 Å². The summed E-state index contributed by atoms with van der Waals surface area (Å²) in [6, 6.07) is 5.32. The van der Waals surface area contributed by atoms with Gasteiger partial charge in [-0.2, -0.15) is 0 Å². The van der Waals surface area contributed by atoms with E-state index >= 15 is 0 Å². The topological polar surface area (TPSA) is 58.6 Å². The number of halogens is 1. The average molecular weight is 395 g/mol. The van der Waals surface area contributed by atoms with Gasteiger partial charge in [-0.05, 0) is 65.2 Å². The first kappa shape index (κ1) is 17.3. The molecule has 1 saturated carbocycles. The summed E-state index contributed by atoms with van der Waals surface area (Å²) in [5.41, 5.74) is 0.220. The summed E-state index contributed by atoms with van der Waals surface area (Å²) in [5, 5.41) is 2.97. The number of nitrogens with one attached hydrogen (secondary N) is 1. The lowest BCUT2D eigenvalue weighted by molar-refractivity contribution is -0.133. The Morgan fingerprint density at radius 1 is 1.33 bits per heavy atom. The van der Waals surface area contributed by atoms with E-state index in [1.807, 2.05) is 18.2 Å². The summed E-state index contributed by atoms with van der Waals surface area (Å²) in [7, 11) is 1.60. The molecule has 24 heavy (non-hydrogen) atoms. The Hall–Kier alpha value is -1.56. The molecule has 1 aromatic rings. The number of hydrogen-bond donors (Lipinski definition) is 1. The largest absolute Gasteiger partial charge is 0.496 e. The molecule has 0 unspecified atom stereocenters. The second-order valence-corrected chi connectivity index (χ2v) is 7.58. The second kappa shape index (κ2) is 6.75. The first-order valence-corrected chi connectivity index (χ1v) is 9.25. The molecular formula is C18H23BrN2O3. The maximum Gasteiger partial charge on any atom is 0.325 e. The maximum absolute atomic E-state index is 12.9.